The number of piperazine rings is 1. The number of hydrogen-bond acceptors (Lipinski definition) is 7. The average molecular weight is 462 g/mol. The second-order valence-corrected chi connectivity index (χ2v) is 9.41. The van der Waals surface area contributed by atoms with E-state index in [9.17, 15) is 13.2 Å². The number of rotatable bonds is 10. The van der Waals surface area contributed by atoms with Crippen LogP contribution in [0, 0.1) is 0 Å². The van der Waals surface area contributed by atoms with E-state index in [4.69, 9.17) is 4.74 Å². The van der Waals surface area contributed by atoms with Crippen molar-refractivity contribution in [1.82, 2.24) is 19.9 Å². The van der Waals surface area contributed by atoms with Crippen LogP contribution in [0.1, 0.15) is 18.9 Å². The summed E-state index contributed by atoms with van der Waals surface area (Å²) in [6, 6.07) is 10.1. The lowest BCUT2D eigenvalue weighted by Gasteiger charge is -2.33. The van der Waals surface area contributed by atoms with Gasteiger partial charge in [-0.05, 0) is 49.9 Å². The molecule has 2 heterocycles. The minimum atomic E-state index is -3.68. The maximum atomic E-state index is 12.3. The first-order valence-electron chi connectivity index (χ1n) is 10.7. The molecule has 1 amide bonds. The van der Waals surface area contributed by atoms with Crippen molar-refractivity contribution in [2.45, 2.75) is 24.8 Å². The van der Waals surface area contributed by atoms with E-state index in [0.29, 0.717) is 18.9 Å². The molecule has 10 heteroatoms. The summed E-state index contributed by atoms with van der Waals surface area (Å²) in [7, 11) is -1.56. The summed E-state index contributed by atoms with van der Waals surface area (Å²) < 4.78 is 32.5. The Bertz CT molecular complexity index is 972. The van der Waals surface area contributed by atoms with Crippen LogP contribution in [-0.4, -0.2) is 70.6 Å². The second kappa shape index (κ2) is 11.3. The Labute approximate surface area is 189 Å². The molecule has 1 aromatic carbocycles. The first kappa shape index (κ1) is 24.0. The van der Waals surface area contributed by atoms with Crippen LogP contribution in [0.3, 0.4) is 0 Å². The Morgan fingerprint density at radius 2 is 1.81 bits per heavy atom. The number of sulfonamides is 1. The molecule has 1 fully saturated rings. The Balaban J connectivity index is 1.40. The van der Waals surface area contributed by atoms with Gasteiger partial charge in [0.25, 0.3) is 0 Å². The Morgan fingerprint density at radius 1 is 1.09 bits per heavy atom. The lowest BCUT2D eigenvalue weighted by molar-refractivity contribution is -0.121. The van der Waals surface area contributed by atoms with Gasteiger partial charge in [0.05, 0.1) is 11.5 Å². The van der Waals surface area contributed by atoms with Gasteiger partial charge in [-0.3, -0.25) is 4.79 Å². The number of nitrogens with zero attached hydrogens (tertiary/aromatic N) is 3. The van der Waals surface area contributed by atoms with Crippen molar-refractivity contribution in [3.05, 3.63) is 48.2 Å². The fourth-order valence-electron chi connectivity index (χ4n) is 3.30. The highest BCUT2D eigenvalue weighted by molar-refractivity contribution is 7.89. The maximum Gasteiger partial charge on any atom is 0.240 e. The highest BCUT2D eigenvalue weighted by atomic mass is 32.2. The number of benzene rings is 1. The molecule has 0 unspecified atom stereocenters. The summed E-state index contributed by atoms with van der Waals surface area (Å²) in [5.74, 6) is 1.32. The molecule has 9 nitrogen and oxygen atoms in total. The number of nitrogens with one attached hydrogen (secondary N) is 2. The summed E-state index contributed by atoms with van der Waals surface area (Å²) in [6.07, 6.45) is 1.81. The van der Waals surface area contributed by atoms with E-state index in [1.165, 1.54) is 12.1 Å². The van der Waals surface area contributed by atoms with Gasteiger partial charge in [0.1, 0.15) is 11.6 Å². The fourth-order valence-corrected chi connectivity index (χ4v) is 4.33. The number of amides is 1. The van der Waals surface area contributed by atoms with E-state index >= 15 is 0 Å². The molecular formula is C22H31N5O4S. The van der Waals surface area contributed by atoms with Crippen LogP contribution in [0.25, 0.3) is 0 Å². The van der Waals surface area contributed by atoms with Crippen molar-refractivity contribution in [1.29, 1.82) is 0 Å². The number of likely N-dealkylation sites (N-methyl/N-ethyl adjacent to an activating group) is 1. The normalized spacial score (nSPS) is 14.9. The summed E-state index contributed by atoms with van der Waals surface area (Å²) in [6.45, 7) is 6.66. The number of aromatic nitrogens is 1. The summed E-state index contributed by atoms with van der Waals surface area (Å²) in [4.78, 5) is 21.3. The molecule has 0 atom stereocenters. The lowest BCUT2D eigenvalue weighted by atomic mass is 10.2. The third-order valence-corrected chi connectivity index (χ3v) is 6.69. The molecule has 0 aliphatic carbocycles. The van der Waals surface area contributed by atoms with E-state index in [-0.39, 0.29) is 23.8 Å². The maximum absolute atomic E-state index is 12.3. The van der Waals surface area contributed by atoms with Crippen LogP contribution in [0.15, 0.2) is 47.5 Å². The lowest BCUT2D eigenvalue weighted by Crippen LogP contribution is -2.44. The molecule has 174 valence electrons. The molecule has 32 heavy (non-hydrogen) atoms. The number of pyridine rings is 1. The van der Waals surface area contributed by atoms with Crippen LogP contribution in [0.2, 0.25) is 0 Å². The summed E-state index contributed by atoms with van der Waals surface area (Å²) in [5.41, 5.74) is 0.895. The first-order chi connectivity index (χ1) is 15.4. The van der Waals surface area contributed by atoms with Crippen molar-refractivity contribution < 1.29 is 17.9 Å². The van der Waals surface area contributed by atoms with Crippen LogP contribution >= 0.6 is 0 Å². The molecule has 2 N–H and O–H groups in total. The highest BCUT2D eigenvalue weighted by Gasteiger charge is 2.16. The zero-order valence-corrected chi connectivity index (χ0v) is 19.4. The number of carbonyl (C=O) groups excluding carboxylic acids is 1. The molecule has 0 bridgehead atoms. The Kier molecular flexibility index (Phi) is 8.43. The topological polar surface area (TPSA) is 104 Å². The first-order valence-corrected chi connectivity index (χ1v) is 12.2. The van der Waals surface area contributed by atoms with Crippen molar-refractivity contribution in [3.63, 3.8) is 0 Å². The zero-order valence-electron chi connectivity index (χ0n) is 18.6. The number of hydrogen-bond donors (Lipinski definition) is 2. The molecule has 0 radical (unpaired) electrons. The van der Waals surface area contributed by atoms with Gasteiger partial charge < -0.3 is 19.9 Å². The van der Waals surface area contributed by atoms with Crippen LogP contribution in [0.5, 0.6) is 5.75 Å². The van der Waals surface area contributed by atoms with Crippen molar-refractivity contribution >= 4 is 21.7 Å². The van der Waals surface area contributed by atoms with Gasteiger partial charge in [0.2, 0.25) is 15.9 Å². The van der Waals surface area contributed by atoms with Gasteiger partial charge in [-0.25, -0.2) is 18.1 Å². The van der Waals surface area contributed by atoms with Gasteiger partial charge >= 0.3 is 0 Å². The fraction of sp³-hybridized carbons (Fsp3) is 0.455. The average Bonchev–Trinajstić information content (AvgIpc) is 2.79. The second-order valence-electron chi connectivity index (χ2n) is 7.64. The largest absolute Gasteiger partial charge is 0.494 e. The predicted octanol–water partition coefficient (Wildman–Crippen LogP) is 1.22. The van der Waals surface area contributed by atoms with E-state index in [1.54, 1.807) is 18.3 Å². The van der Waals surface area contributed by atoms with Gasteiger partial charge in [-0.2, -0.15) is 0 Å². The van der Waals surface area contributed by atoms with E-state index < -0.39 is 10.0 Å². The highest BCUT2D eigenvalue weighted by Crippen LogP contribution is 2.16. The zero-order chi connectivity index (χ0) is 23.0. The number of carbonyl (C=O) groups is 1. The Morgan fingerprint density at radius 3 is 2.44 bits per heavy atom. The van der Waals surface area contributed by atoms with Gasteiger partial charge in [0, 0.05) is 51.9 Å². The third kappa shape index (κ3) is 6.91. The molecule has 1 aliphatic heterocycles. The minimum Gasteiger partial charge on any atom is -0.494 e. The van der Waals surface area contributed by atoms with E-state index in [2.05, 4.69) is 31.9 Å². The van der Waals surface area contributed by atoms with E-state index in [1.807, 2.05) is 19.1 Å². The molecule has 1 aromatic heterocycles. The number of ether oxygens (including phenoxy) is 1. The minimum absolute atomic E-state index is 0.0158. The molecular weight excluding hydrogens is 430 g/mol. The number of anilines is 1. The van der Waals surface area contributed by atoms with Crippen LogP contribution < -0.4 is 19.7 Å². The van der Waals surface area contributed by atoms with Crippen LogP contribution in [0.4, 0.5) is 5.82 Å². The smallest absolute Gasteiger partial charge is 0.240 e. The third-order valence-electron chi connectivity index (χ3n) is 5.22. The summed E-state index contributed by atoms with van der Waals surface area (Å²) >= 11 is 0. The van der Waals surface area contributed by atoms with Gasteiger partial charge in [0.15, 0.2) is 0 Å². The standard InChI is InChI=1S/C22H31N5O4S/c1-3-31-19-5-7-20(8-6-19)32(29,30)25-11-10-22(28)24-17-18-4-9-21(23-16-18)27-14-12-26(2)13-15-27/h4-9,16,25H,3,10-15,17H2,1-2H3,(H,24,28). The predicted molar refractivity (Wildman–Crippen MR) is 123 cm³/mol. The monoisotopic (exact) mass is 461 g/mol. The van der Waals surface area contributed by atoms with Crippen molar-refractivity contribution in [2.24, 2.45) is 0 Å². The van der Waals surface area contributed by atoms with Crippen molar-refractivity contribution in [2.75, 3.05) is 51.3 Å². The molecule has 1 saturated heterocycles. The summed E-state index contributed by atoms with van der Waals surface area (Å²) in [5, 5.41) is 2.80. The van der Waals surface area contributed by atoms with Crippen molar-refractivity contribution in [3.8, 4) is 5.75 Å². The molecule has 1 aliphatic rings. The molecule has 3 rings (SSSR count). The van der Waals surface area contributed by atoms with Gasteiger partial charge in [-0.1, -0.05) is 6.07 Å². The SMILES string of the molecule is CCOc1ccc(S(=O)(=O)NCCC(=O)NCc2ccc(N3CCN(C)CC3)nc2)cc1. The van der Waals surface area contributed by atoms with Crippen LogP contribution in [-0.2, 0) is 21.4 Å². The quantitative estimate of drug-likeness (QED) is 0.548. The Hall–Kier alpha value is -2.69. The molecule has 0 saturated carbocycles. The molecule has 2 aromatic rings. The molecule has 0 spiro atoms. The van der Waals surface area contributed by atoms with E-state index in [0.717, 1.165) is 37.6 Å². The van der Waals surface area contributed by atoms with Gasteiger partial charge in [-0.15, -0.1) is 0 Å².